The van der Waals surface area contributed by atoms with Crippen molar-refractivity contribution in [2.45, 2.75) is 11.2 Å². The predicted octanol–water partition coefficient (Wildman–Crippen LogP) is 6.43. The number of rotatable bonds is 3. The average Bonchev–Trinajstić information content (AvgIpc) is 2.32. The van der Waals surface area contributed by atoms with Gasteiger partial charge in [-0.3, -0.25) is 0 Å². The lowest BCUT2D eigenvalue weighted by atomic mass is 10.0. The molecule has 1 unspecified atom stereocenters. The molecular formula is C14H10Br2Cl2. The predicted molar refractivity (Wildman–Crippen MR) is 86.0 cm³/mol. The van der Waals surface area contributed by atoms with E-state index in [0.717, 1.165) is 16.5 Å². The molecule has 2 aromatic carbocycles. The first kappa shape index (κ1) is 14.4. The Bertz CT molecular complexity index is 555. The highest BCUT2D eigenvalue weighted by Crippen LogP contribution is 2.32. The monoisotopic (exact) mass is 406 g/mol. The second-order valence-electron chi connectivity index (χ2n) is 3.98. The van der Waals surface area contributed by atoms with Gasteiger partial charge in [0.2, 0.25) is 0 Å². The molecule has 0 fully saturated rings. The molecule has 0 amide bonds. The fraction of sp³-hybridized carbons (Fsp3) is 0.143. The number of halogens is 4. The normalized spacial score (nSPS) is 12.4. The highest BCUT2D eigenvalue weighted by atomic mass is 79.9. The molecule has 0 radical (unpaired) electrons. The molecule has 0 spiro atoms. The third-order valence-electron chi connectivity index (χ3n) is 2.61. The lowest BCUT2D eigenvalue weighted by Gasteiger charge is -2.11. The molecule has 94 valence electrons. The first-order chi connectivity index (χ1) is 8.56. The molecule has 0 aliphatic rings. The molecule has 2 rings (SSSR count). The zero-order valence-electron chi connectivity index (χ0n) is 9.34. The van der Waals surface area contributed by atoms with Crippen molar-refractivity contribution in [3.05, 3.63) is 68.1 Å². The SMILES string of the molecule is Clc1ccc(C(Br)Cc2cccc(Br)c2)cc1Cl. The molecule has 18 heavy (non-hydrogen) atoms. The molecule has 0 saturated carbocycles. The van der Waals surface area contributed by atoms with E-state index in [2.05, 4.69) is 44.0 Å². The van der Waals surface area contributed by atoms with E-state index < -0.39 is 0 Å². The van der Waals surface area contributed by atoms with Crippen LogP contribution in [-0.4, -0.2) is 0 Å². The third-order valence-corrected chi connectivity index (χ3v) is 4.69. The van der Waals surface area contributed by atoms with Gasteiger partial charge < -0.3 is 0 Å². The van der Waals surface area contributed by atoms with Gasteiger partial charge in [0, 0.05) is 9.30 Å². The van der Waals surface area contributed by atoms with E-state index in [4.69, 9.17) is 23.2 Å². The second kappa shape index (κ2) is 6.42. The van der Waals surface area contributed by atoms with Crippen LogP contribution in [0.1, 0.15) is 16.0 Å². The van der Waals surface area contributed by atoms with E-state index in [1.54, 1.807) is 0 Å². The van der Waals surface area contributed by atoms with Gasteiger partial charge in [-0.05, 0) is 41.8 Å². The molecule has 0 saturated heterocycles. The number of alkyl halides is 1. The number of hydrogen-bond donors (Lipinski definition) is 0. The quantitative estimate of drug-likeness (QED) is 0.513. The van der Waals surface area contributed by atoms with Crippen LogP contribution in [-0.2, 0) is 6.42 Å². The van der Waals surface area contributed by atoms with Gasteiger partial charge in [0.1, 0.15) is 0 Å². The zero-order chi connectivity index (χ0) is 13.1. The minimum atomic E-state index is 0.224. The smallest absolute Gasteiger partial charge is 0.0595 e. The van der Waals surface area contributed by atoms with Crippen LogP contribution in [0.4, 0.5) is 0 Å². The van der Waals surface area contributed by atoms with E-state index in [1.165, 1.54) is 5.56 Å². The molecule has 4 heteroatoms. The fourth-order valence-corrected chi connectivity index (χ4v) is 3.11. The minimum Gasteiger partial charge on any atom is -0.0835 e. The third kappa shape index (κ3) is 3.74. The lowest BCUT2D eigenvalue weighted by Crippen LogP contribution is -1.95. The second-order valence-corrected chi connectivity index (χ2v) is 6.81. The molecule has 2 aromatic rings. The molecule has 0 bridgehead atoms. The summed E-state index contributed by atoms with van der Waals surface area (Å²) in [4.78, 5) is 0.224. The summed E-state index contributed by atoms with van der Waals surface area (Å²) in [5.74, 6) is 0. The number of benzene rings is 2. The van der Waals surface area contributed by atoms with E-state index in [-0.39, 0.29) is 4.83 Å². The van der Waals surface area contributed by atoms with Crippen LogP contribution < -0.4 is 0 Å². The summed E-state index contributed by atoms with van der Waals surface area (Å²) >= 11 is 19.1. The summed E-state index contributed by atoms with van der Waals surface area (Å²) in [5, 5.41) is 1.18. The van der Waals surface area contributed by atoms with Crippen LogP contribution in [0.5, 0.6) is 0 Å². The van der Waals surface area contributed by atoms with Crippen LogP contribution >= 0.6 is 55.1 Å². The highest BCUT2D eigenvalue weighted by molar-refractivity contribution is 9.10. The number of hydrogen-bond acceptors (Lipinski definition) is 0. The van der Waals surface area contributed by atoms with Crippen molar-refractivity contribution in [1.29, 1.82) is 0 Å². The maximum Gasteiger partial charge on any atom is 0.0595 e. The van der Waals surface area contributed by atoms with Crippen molar-refractivity contribution < 1.29 is 0 Å². The maximum absolute atomic E-state index is 6.03. The Kier molecular flexibility index (Phi) is 5.14. The van der Waals surface area contributed by atoms with Crippen LogP contribution in [0, 0.1) is 0 Å². The summed E-state index contributed by atoms with van der Waals surface area (Å²) in [6.45, 7) is 0. The van der Waals surface area contributed by atoms with E-state index in [0.29, 0.717) is 10.0 Å². The van der Waals surface area contributed by atoms with Crippen molar-refractivity contribution in [3.8, 4) is 0 Å². The van der Waals surface area contributed by atoms with Gasteiger partial charge in [-0.25, -0.2) is 0 Å². The van der Waals surface area contributed by atoms with Gasteiger partial charge in [-0.1, -0.05) is 73.3 Å². The Labute approximate surface area is 134 Å². The van der Waals surface area contributed by atoms with Gasteiger partial charge in [0.05, 0.1) is 10.0 Å². The standard InChI is InChI=1S/C14H10Br2Cl2/c15-11-3-1-2-9(6-11)7-12(16)10-4-5-13(17)14(18)8-10/h1-6,8,12H,7H2. The van der Waals surface area contributed by atoms with Crippen LogP contribution in [0.25, 0.3) is 0 Å². The molecule has 0 nitrogen and oxygen atoms in total. The van der Waals surface area contributed by atoms with Gasteiger partial charge >= 0.3 is 0 Å². The average molecular weight is 409 g/mol. The maximum atomic E-state index is 6.03. The minimum absolute atomic E-state index is 0.224. The Balaban J connectivity index is 2.16. The highest BCUT2D eigenvalue weighted by Gasteiger charge is 2.10. The topological polar surface area (TPSA) is 0 Å². The molecule has 0 aliphatic heterocycles. The van der Waals surface area contributed by atoms with Crippen molar-refractivity contribution in [2.24, 2.45) is 0 Å². The molecule has 0 N–H and O–H groups in total. The lowest BCUT2D eigenvalue weighted by molar-refractivity contribution is 0.948. The molecule has 1 atom stereocenters. The Hall–Kier alpha value is -0.0200. The summed E-state index contributed by atoms with van der Waals surface area (Å²) in [7, 11) is 0. The van der Waals surface area contributed by atoms with Crippen molar-refractivity contribution in [3.63, 3.8) is 0 Å². The molecule has 0 aliphatic carbocycles. The van der Waals surface area contributed by atoms with E-state index in [1.807, 2.05) is 30.3 Å². The van der Waals surface area contributed by atoms with Crippen LogP contribution in [0.2, 0.25) is 10.0 Å². The summed E-state index contributed by atoms with van der Waals surface area (Å²) in [6.07, 6.45) is 0.900. The molecular weight excluding hydrogens is 399 g/mol. The largest absolute Gasteiger partial charge is 0.0835 e. The van der Waals surface area contributed by atoms with E-state index in [9.17, 15) is 0 Å². The van der Waals surface area contributed by atoms with Gasteiger partial charge in [-0.15, -0.1) is 0 Å². The van der Waals surface area contributed by atoms with Crippen LogP contribution in [0.3, 0.4) is 0 Å². The Morgan fingerprint density at radius 3 is 2.44 bits per heavy atom. The first-order valence-corrected chi connectivity index (χ1v) is 7.86. The van der Waals surface area contributed by atoms with Gasteiger partial charge in [0.15, 0.2) is 0 Å². The molecule has 0 heterocycles. The van der Waals surface area contributed by atoms with Crippen molar-refractivity contribution in [1.82, 2.24) is 0 Å². The Morgan fingerprint density at radius 2 is 1.78 bits per heavy atom. The van der Waals surface area contributed by atoms with Crippen molar-refractivity contribution >= 4 is 55.1 Å². The Morgan fingerprint density at radius 1 is 1.00 bits per heavy atom. The van der Waals surface area contributed by atoms with Gasteiger partial charge in [-0.2, -0.15) is 0 Å². The molecule has 0 aromatic heterocycles. The first-order valence-electron chi connectivity index (χ1n) is 5.40. The van der Waals surface area contributed by atoms with Gasteiger partial charge in [0.25, 0.3) is 0 Å². The zero-order valence-corrected chi connectivity index (χ0v) is 14.0. The summed E-state index contributed by atoms with van der Waals surface area (Å²) in [6, 6.07) is 14.0. The summed E-state index contributed by atoms with van der Waals surface area (Å²) < 4.78 is 1.09. The van der Waals surface area contributed by atoms with Crippen LogP contribution in [0.15, 0.2) is 46.9 Å². The fourth-order valence-electron chi connectivity index (χ4n) is 1.70. The van der Waals surface area contributed by atoms with E-state index >= 15 is 0 Å². The van der Waals surface area contributed by atoms with Crippen molar-refractivity contribution in [2.75, 3.05) is 0 Å². The summed E-state index contributed by atoms with van der Waals surface area (Å²) in [5.41, 5.74) is 2.39.